The van der Waals surface area contributed by atoms with Crippen LogP contribution in [0.3, 0.4) is 0 Å². The number of aryl methyl sites for hydroxylation is 1. The summed E-state index contributed by atoms with van der Waals surface area (Å²) >= 11 is 2.18. The van der Waals surface area contributed by atoms with E-state index in [1.54, 1.807) is 13.0 Å². The number of nitrogens with two attached hydrogens (primary N) is 1. The van der Waals surface area contributed by atoms with E-state index < -0.39 is 20.9 Å². The molecule has 138 valence electrons. The average molecular weight is 433 g/mol. The number of azo groups is 1. The molecule has 14 heteroatoms. The normalized spacial score (nSPS) is 13.8. The number of primary sulfonamides is 1. The third-order valence-corrected chi connectivity index (χ3v) is 6.48. The zero-order valence-electron chi connectivity index (χ0n) is 13.4. The van der Waals surface area contributed by atoms with Crippen LogP contribution >= 0.6 is 22.9 Å². The predicted octanol–water partition coefficient (Wildman–Crippen LogP) is 2.98. The number of sulfonamides is 1. The van der Waals surface area contributed by atoms with E-state index in [1.807, 2.05) is 0 Å². The van der Waals surface area contributed by atoms with Crippen molar-refractivity contribution >= 4 is 69.8 Å². The van der Waals surface area contributed by atoms with E-state index >= 15 is 0 Å². The van der Waals surface area contributed by atoms with Crippen molar-refractivity contribution in [2.45, 2.75) is 11.8 Å². The van der Waals surface area contributed by atoms with Gasteiger partial charge in [0.25, 0.3) is 0 Å². The summed E-state index contributed by atoms with van der Waals surface area (Å²) in [4.78, 5) is 4.11. The molecule has 0 spiro atoms. The zero-order valence-corrected chi connectivity index (χ0v) is 16.7. The summed E-state index contributed by atoms with van der Waals surface area (Å²) < 4.78 is 46.9. The first kappa shape index (κ1) is 18.9. The highest BCUT2D eigenvalue weighted by molar-refractivity contribution is 7.89. The maximum atomic E-state index is 11.5. The number of benzene rings is 1. The van der Waals surface area contributed by atoms with Crippen molar-refractivity contribution in [3.05, 3.63) is 23.9 Å². The molecule has 0 aliphatic heterocycles. The fraction of sp³-hybridized carbons (Fsp3) is 0.167. The van der Waals surface area contributed by atoms with Gasteiger partial charge in [-0.1, -0.05) is 11.3 Å². The maximum Gasteiger partial charge on any atom is 0.238 e. The van der Waals surface area contributed by atoms with Gasteiger partial charge < -0.3 is 0 Å². The van der Waals surface area contributed by atoms with Crippen LogP contribution in [0.25, 0.3) is 10.9 Å². The van der Waals surface area contributed by atoms with Crippen molar-refractivity contribution in [1.82, 2.24) is 9.36 Å². The molecule has 10 nitrogen and oxygen atoms in total. The number of rotatable bonds is 5. The van der Waals surface area contributed by atoms with Crippen LogP contribution in [0.5, 0.6) is 0 Å². The van der Waals surface area contributed by atoms with Gasteiger partial charge in [0, 0.05) is 5.39 Å². The second-order valence-electron chi connectivity index (χ2n) is 4.82. The SMILES string of the molecule is CO[SH](=O)=Nc1nc(C)c(/N=N/c2snc3ccc(S(N)(=O)=O)cc23)s1. The Morgan fingerprint density at radius 1 is 1.27 bits per heavy atom. The second-order valence-corrected chi connectivity index (χ2v) is 9.13. The molecule has 0 saturated carbocycles. The van der Waals surface area contributed by atoms with Crippen LogP contribution in [0.4, 0.5) is 15.1 Å². The number of thiazole rings is 1. The number of aromatic nitrogens is 2. The zero-order chi connectivity index (χ0) is 18.9. The number of thiol groups is 1. The second kappa shape index (κ2) is 7.42. The molecule has 26 heavy (non-hydrogen) atoms. The first-order valence-corrected chi connectivity index (χ1v) is 11.1. The number of nitrogens with zero attached hydrogens (tertiary/aromatic N) is 5. The molecule has 3 rings (SSSR count). The molecule has 0 amide bonds. The first-order valence-electron chi connectivity index (χ1n) is 6.82. The van der Waals surface area contributed by atoms with Gasteiger partial charge in [-0.05, 0) is 36.7 Å². The van der Waals surface area contributed by atoms with E-state index in [4.69, 9.17) is 5.14 Å². The van der Waals surface area contributed by atoms with E-state index in [2.05, 4.69) is 28.1 Å². The molecule has 1 aromatic carbocycles. The topological polar surface area (TPSA) is 149 Å². The standard InChI is InChI=1S/C12H12N6O4S4/c1-6-10(23-12(14-6)18-25(19)22-2)15-16-11-8-5-7(26(13,20)21)3-4-9(8)17-24-11/h3-5,25H,1-2H3,(H2,13,20,21)/b16-15+. The highest BCUT2D eigenvalue weighted by Crippen LogP contribution is 2.37. The fourth-order valence-electron chi connectivity index (χ4n) is 1.87. The van der Waals surface area contributed by atoms with Crippen molar-refractivity contribution < 1.29 is 16.8 Å². The van der Waals surface area contributed by atoms with Crippen LogP contribution in [0.15, 0.2) is 37.7 Å². The van der Waals surface area contributed by atoms with Gasteiger partial charge in [0.1, 0.15) is 0 Å². The molecule has 0 saturated heterocycles. The molecule has 0 aliphatic carbocycles. The molecule has 0 aliphatic rings. The highest BCUT2D eigenvalue weighted by atomic mass is 32.2. The minimum absolute atomic E-state index is 0.0277. The van der Waals surface area contributed by atoms with E-state index in [1.165, 1.54) is 19.2 Å². The predicted molar refractivity (Wildman–Crippen MR) is 101 cm³/mol. The Hall–Kier alpha value is -1.84. The Bertz CT molecular complexity index is 1190. The van der Waals surface area contributed by atoms with Crippen molar-refractivity contribution in [2.75, 3.05) is 7.11 Å². The molecule has 1 unspecified atom stereocenters. The van der Waals surface area contributed by atoms with Gasteiger partial charge >= 0.3 is 0 Å². The summed E-state index contributed by atoms with van der Waals surface area (Å²) in [5.74, 6) is 0. The Balaban J connectivity index is 1.98. The molecule has 1 atom stereocenters. The molecular weight excluding hydrogens is 420 g/mol. The molecular formula is C12H12N6O4S4. The fourth-order valence-corrected chi connectivity index (χ4v) is 4.35. The Morgan fingerprint density at radius 3 is 2.69 bits per heavy atom. The lowest BCUT2D eigenvalue weighted by molar-refractivity contribution is 0.453. The van der Waals surface area contributed by atoms with Crippen molar-refractivity contribution in [3.8, 4) is 0 Å². The summed E-state index contributed by atoms with van der Waals surface area (Å²) in [6.45, 7) is 1.72. The van der Waals surface area contributed by atoms with Gasteiger partial charge in [0.2, 0.25) is 15.2 Å². The summed E-state index contributed by atoms with van der Waals surface area (Å²) in [5, 5.41) is 15.1. The lowest BCUT2D eigenvalue weighted by Crippen LogP contribution is -2.11. The van der Waals surface area contributed by atoms with Gasteiger partial charge in [0.05, 0.1) is 23.2 Å². The molecule has 2 aromatic heterocycles. The summed E-state index contributed by atoms with van der Waals surface area (Å²) in [5.41, 5.74) is 1.15. The number of hydrogen-bond donors (Lipinski definition) is 2. The van der Waals surface area contributed by atoms with Crippen molar-refractivity contribution in [1.29, 1.82) is 0 Å². The Kier molecular flexibility index (Phi) is 5.40. The summed E-state index contributed by atoms with van der Waals surface area (Å²) in [7, 11) is -4.71. The van der Waals surface area contributed by atoms with Gasteiger partial charge in [-0.15, -0.1) is 14.6 Å². The smallest absolute Gasteiger partial charge is 0.238 e. The van der Waals surface area contributed by atoms with Gasteiger partial charge in [-0.3, -0.25) is 4.18 Å². The number of fused-ring (bicyclic) bond motifs is 1. The summed E-state index contributed by atoms with van der Waals surface area (Å²) in [6, 6.07) is 4.35. The Morgan fingerprint density at radius 2 is 2.00 bits per heavy atom. The van der Waals surface area contributed by atoms with Crippen LogP contribution < -0.4 is 5.14 Å². The van der Waals surface area contributed by atoms with Crippen LogP contribution in [0.1, 0.15) is 5.69 Å². The minimum Gasteiger partial charge on any atom is -0.290 e. The molecule has 0 bridgehead atoms. The van der Waals surface area contributed by atoms with E-state index in [9.17, 15) is 12.6 Å². The molecule has 2 N–H and O–H groups in total. The minimum atomic E-state index is -3.83. The third kappa shape index (κ3) is 4.11. The summed E-state index contributed by atoms with van der Waals surface area (Å²) in [6.07, 6.45) is 0. The van der Waals surface area contributed by atoms with Crippen molar-refractivity contribution in [3.63, 3.8) is 0 Å². The lowest BCUT2D eigenvalue weighted by atomic mass is 10.2. The van der Waals surface area contributed by atoms with Crippen LogP contribution in [-0.4, -0.2) is 29.1 Å². The third-order valence-electron chi connectivity index (χ3n) is 3.07. The first-order chi connectivity index (χ1) is 12.3. The molecule has 3 aromatic rings. The van der Waals surface area contributed by atoms with Gasteiger partial charge in [-0.2, -0.15) is 4.37 Å². The average Bonchev–Trinajstić information content (AvgIpc) is 3.14. The van der Waals surface area contributed by atoms with E-state index in [0.717, 1.165) is 22.9 Å². The Labute approximate surface area is 158 Å². The monoisotopic (exact) mass is 432 g/mol. The van der Waals surface area contributed by atoms with Gasteiger partial charge in [0.15, 0.2) is 20.9 Å². The maximum absolute atomic E-state index is 11.5. The molecule has 2 heterocycles. The van der Waals surface area contributed by atoms with Crippen molar-refractivity contribution in [2.24, 2.45) is 19.7 Å². The largest absolute Gasteiger partial charge is 0.290 e. The number of hydrogen-bond acceptors (Lipinski definition) is 11. The van der Waals surface area contributed by atoms with Crippen LogP contribution in [0, 0.1) is 6.92 Å². The van der Waals surface area contributed by atoms with Crippen LogP contribution in [0.2, 0.25) is 0 Å². The van der Waals surface area contributed by atoms with E-state index in [-0.39, 0.29) is 10.0 Å². The van der Waals surface area contributed by atoms with Crippen LogP contribution in [-0.2, 0) is 25.1 Å². The lowest BCUT2D eigenvalue weighted by Gasteiger charge is -1.97. The quantitative estimate of drug-likeness (QED) is 0.467. The van der Waals surface area contributed by atoms with E-state index in [0.29, 0.717) is 26.6 Å². The molecule has 0 radical (unpaired) electrons. The highest BCUT2D eigenvalue weighted by Gasteiger charge is 2.13. The molecule has 0 fully saturated rings. The van der Waals surface area contributed by atoms with Gasteiger partial charge in [-0.25, -0.2) is 22.7 Å².